The van der Waals surface area contributed by atoms with Gasteiger partial charge >= 0.3 is 0 Å². The van der Waals surface area contributed by atoms with Crippen LogP contribution in [-0.4, -0.2) is 27.9 Å². The van der Waals surface area contributed by atoms with E-state index in [1.54, 1.807) is 30.1 Å². The Morgan fingerprint density at radius 1 is 0.921 bits per heavy atom. The first-order valence-electron chi connectivity index (χ1n) is 12.6. The Hall–Kier alpha value is -3.49. The summed E-state index contributed by atoms with van der Waals surface area (Å²) in [6, 6.07) is 29.2. The van der Waals surface area contributed by atoms with Crippen molar-refractivity contribution in [3.05, 3.63) is 126 Å². The van der Waals surface area contributed by atoms with Crippen molar-refractivity contribution in [3.8, 4) is 0 Å². The molecule has 0 radical (unpaired) electrons. The van der Waals surface area contributed by atoms with Gasteiger partial charge in [0.1, 0.15) is 0 Å². The van der Waals surface area contributed by atoms with Crippen LogP contribution >= 0.6 is 11.8 Å². The van der Waals surface area contributed by atoms with Gasteiger partial charge in [-0.25, -0.2) is 0 Å². The maximum Gasteiger partial charge on any atom is 0.257 e. The fraction of sp³-hybridized carbons (Fsp3) is 0.226. The van der Waals surface area contributed by atoms with Gasteiger partial charge in [-0.1, -0.05) is 61.5 Å². The SMILES string of the molecule is CC1C(CSc2ccccc2)OC(c2ccc(NC(=O)c3cccnc3)cc2)OC1c1ccc(CO)cc1. The third-order valence-electron chi connectivity index (χ3n) is 6.65. The molecule has 1 aliphatic heterocycles. The zero-order valence-corrected chi connectivity index (χ0v) is 21.9. The van der Waals surface area contributed by atoms with Crippen molar-refractivity contribution in [1.82, 2.24) is 4.98 Å². The lowest BCUT2D eigenvalue weighted by molar-refractivity contribution is -0.268. The summed E-state index contributed by atoms with van der Waals surface area (Å²) in [4.78, 5) is 17.7. The van der Waals surface area contributed by atoms with Crippen molar-refractivity contribution in [2.45, 2.75) is 36.9 Å². The van der Waals surface area contributed by atoms with Gasteiger partial charge in [-0.15, -0.1) is 11.8 Å². The van der Waals surface area contributed by atoms with E-state index in [1.165, 1.54) is 11.1 Å². The molecule has 0 bridgehead atoms. The molecular weight excluding hydrogens is 496 g/mol. The van der Waals surface area contributed by atoms with Crippen molar-refractivity contribution < 1.29 is 19.4 Å². The number of thioether (sulfide) groups is 1. The fourth-order valence-electron chi connectivity index (χ4n) is 4.43. The van der Waals surface area contributed by atoms with E-state index in [2.05, 4.69) is 29.4 Å². The molecule has 0 saturated carbocycles. The monoisotopic (exact) mass is 526 g/mol. The number of ether oxygens (including phenoxy) is 2. The van der Waals surface area contributed by atoms with Gasteiger partial charge in [0.05, 0.1) is 24.4 Å². The third-order valence-corrected chi connectivity index (χ3v) is 7.75. The molecule has 1 amide bonds. The van der Waals surface area contributed by atoms with E-state index in [1.807, 2.05) is 66.7 Å². The molecule has 0 aliphatic carbocycles. The number of nitrogens with one attached hydrogen (secondary N) is 1. The van der Waals surface area contributed by atoms with Crippen LogP contribution in [0.15, 0.2) is 108 Å². The predicted octanol–water partition coefficient (Wildman–Crippen LogP) is 6.41. The molecule has 1 fully saturated rings. The van der Waals surface area contributed by atoms with E-state index in [9.17, 15) is 9.90 Å². The Morgan fingerprint density at radius 3 is 2.34 bits per heavy atom. The molecule has 2 heterocycles. The van der Waals surface area contributed by atoms with E-state index in [0.29, 0.717) is 11.3 Å². The molecule has 0 spiro atoms. The number of nitrogens with zero attached hydrogens (tertiary/aromatic N) is 1. The van der Waals surface area contributed by atoms with Crippen molar-refractivity contribution in [2.75, 3.05) is 11.1 Å². The highest BCUT2D eigenvalue weighted by molar-refractivity contribution is 7.99. The van der Waals surface area contributed by atoms with Gasteiger partial charge in [-0.3, -0.25) is 9.78 Å². The lowest BCUT2D eigenvalue weighted by Crippen LogP contribution is -2.38. The zero-order valence-electron chi connectivity index (χ0n) is 21.1. The summed E-state index contributed by atoms with van der Waals surface area (Å²) in [5.41, 5.74) is 3.98. The molecule has 7 heteroatoms. The maximum absolute atomic E-state index is 12.5. The third kappa shape index (κ3) is 6.31. The number of benzene rings is 3. The molecule has 4 atom stereocenters. The van der Waals surface area contributed by atoms with Crippen molar-refractivity contribution in [2.24, 2.45) is 5.92 Å². The zero-order chi connectivity index (χ0) is 26.3. The molecular formula is C31H30N2O4S. The van der Waals surface area contributed by atoms with Crippen LogP contribution in [0.3, 0.4) is 0 Å². The molecule has 3 aromatic carbocycles. The van der Waals surface area contributed by atoms with Gasteiger partial charge in [0, 0.05) is 40.2 Å². The van der Waals surface area contributed by atoms with Crippen molar-refractivity contribution >= 4 is 23.4 Å². The Morgan fingerprint density at radius 2 is 1.66 bits per heavy atom. The number of anilines is 1. The van der Waals surface area contributed by atoms with E-state index in [4.69, 9.17) is 9.47 Å². The molecule has 2 N–H and O–H groups in total. The van der Waals surface area contributed by atoms with Gasteiger partial charge in [0.2, 0.25) is 0 Å². The molecule has 1 saturated heterocycles. The van der Waals surface area contributed by atoms with Crippen LogP contribution in [0.1, 0.15) is 46.4 Å². The van der Waals surface area contributed by atoms with Crippen LogP contribution in [0.5, 0.6) is 0 Å². The Bertz CT molecular complexity index is 1320. The maximum atomic E-state index is 12.5. The number of aliphatic hydroxyl groups is 1. The second kappa shape index (κ2) is 12.4. The first-order valence-corrected chi connectivity index (χ1v) is 13.6. The fourth-order valence-corrected chi connectivity index (χ4v) is 5.52. The number of hydrogen-bond acceptors (Lipinski definition) is 6. The molecule has 6 nitrogen and oxygen atoms in total. The summed E-state index contributed by atoms with van der Waals surface area (Å²) in [5, 5.41) is 12.4. The molecule has 1 aromatic heterocycles. The lowest BCUT2D eigenvalue weighted by Gasteiger charge is -2.41. The van der Waals surface area contributed by atoms with Gasteiger partial charge in [0.25, 0.3) is 5.91 Å². The number of amides is 1. The van der Waals surface area contributed by atoms with Crippen molar-refractivity contribution in [3.63, 3.8) is 0 Å². The highest BCUT2D eigenvalue weighted by Crippen LogP contribution is 2.43. The minimum atomic E-state index is -0.557. The summed E-state index contributed by atoms with van der Waals surface area (Å²) >= 11 is 1.77. The van der Waals surface area contributed by atoms with Crippen LogP contribution in [0, 0.1) is 5.92 Å². The van der Waals surface area contributed by atoms with Gasteiger partial charge < -0.3 is 19.9 Å². The standard InChI is InChI=1S/C31H30N2O4S/c1-21-28(20-38-27-7-3-2-4-8-27)36-31(37-29(21)23-11-9-22(19-34)10-12-23)24-13-15-26(16-14-24)33-30(35)25-6-5-17-32-18-25/h2-18,21,28-29,31,34H,19-20H2,1H3,(H,33,35). The highest BCUT2D eigenvalue weighted by atomic mass is 32.2. The van der Waals surface area contributed by atoms with Crippen LogP contribution in [-0.2, 0) is 16.1 Å². The lowest BCUT2D eigenvalue weighted by atomic mass is 9.91. The van der Waals surface area contributed by atoms with Crippen molar-refractivity contribution in [1.29, 1.82) is 0 Å². The number of carbonyl (C=O) groups excluding carboxylic acids is 1. The first kappa shape index (κ1) is 26.1. The summed E-state index contributed by atoms with van der Waals surface area (Å²) < 4.78 is 13.0. The minimum Gasteiger partial charge on any atom is -0.392 e. The van der Waals surface area contributed by atoms with E-state index < -0.39 is 6.29 Å². The summed E-state index contributed by atoms with van der Waals surface area (Å²) in [6.45, 7) is 2.17. The second-order valence-corrected chi connectivity index (χ2v) is 10.4. The first-order chi connectivity index (χ1) is 18.6. The number of aromatic nitrogens is 1. The Balaban J connectivity index is 1.34. The second-order valence-electron chi connectivity index (χ2n) is 9.26. The van der Waals surface area contributed by atoms with Gasteiger partial charge in [0.15, 0.2) is 6.29 Å². The summed E-state index contributed by atoms with van der Waals surface area (Å²) in [7, 11) is 0. The topological polar surface area (TPSA) is 80.7 Å². The average Bonchev–Trinajstić information content (AvgIpc) is 2.98. The van der Waals surface area contributed by atoms with Crippen LogP contribution in [0.4, 0.5) is 5.69 Å². The van der Waals surface area contributed by atoms with Gasteiger partial charge in [-0.2, -0.15) is 0 Å². The molecule has 5 rings (SSSR count). The molecule has 4 aromatic rings. The van der Waals surface area contributed by atoms with E-state index in [-0.39, 0.29) is 30.6 Å². The van der Waals surface area contributed by atoms with Gasteiger partial charge in [-0.05, 0) is 47.5 Å². The van der Waals surface area contributed by atoms with E-state index in [0.717, 1.165) is 22.4 Å². The summed E-state index contributed by atoms with van der Waals surface area (Å²) in [5.74, 6) is 0.685. The van der Waals surface area contributed by atoms with Crippen LogP contribution in [0.2, 0.25) is 0 Å². The number of hydrogen-bond donors (Lipinski definition) is 2. The predicted molar refractivity (Wildman–Crippen MR) is 149 cm³/mol. The molecule has 1 aliphatic rings. The molecule has 4 unspecified atom stereocenters. The van der Waals surface area contributed by atoms with Crippen LogP contribution in [0.25, 0.3) is 0 Å². The molecule has 38 heavy (non-hydrogen) atoms. The average molecular weight is 527 g/mol. The summed E-state index contributed by atoms with van der Waals surface area (Å²) in [6.07, 6.45) is 2.39. The number of pyridine rings is 1. The quantitative estimate of drug-likeness (QED) is 0.258. The molecule has 194 valence electrons. The van der Waals surface area contributed by atoms with Crippen LogP contribution < -0.4 is 5.32 Å². The number of aliphatic hydroxyl groups excluding tert-OH is 1. The highest BCUT2D eigenvalue weighted by Gasteiger charge is 2.38. The smallest absolute Gasteiger partial charge is 0.257 e. The Labute approximate surface area is 227 Å². The largest absolute Gasteiger partial charge is 0.392 e. The normalized spacial score (nSPS) is 21.1. The number of carbonyl (C=O) groups is 1. The van der Waals surface area contributed by atoms with E-state index >= 15 is 0 Å². The minimum absolute atomic E-state index is 0.00705. The number of rotatable bonds is 8. The Kier molecular flexibility index (Phi) is 8.51.